The molecule has 1 aromatic carbocycles. The van der Waals surface area contributed by atoms with Crippen molar-refractivity contribution in [3.05, 3.63) is 47.6 Å². The van der Waals surface area contributed by atoms with Crippen LogP contribution in [0.5, 0.6) is 0 Å². The summed E-state index contributed by atoms with van der Waals surface area (Å²) in [5.74, 6) is 1.58. The molecule has 1 aliphatic rings. The van der Waals surface area contributed by atoms with E-state index in [9.17, 15) is 0 Å². The fourth-order valence-electron chi connectivity index (χ4n) is 2.42. The lowest BCUT2D eigenvalue weighted by molar-refractivity contribution is 0.209. The van der Waals surface area contributed by atoms with E-state index < -0.39 is 0 Å². The molecular formula is C16H21N3O. The molecule has 20 heavy (non-hydrogen) atoms. The lowest BCUT2D eigenvalue weighted by Crippen LogP contribution is -2.25. The predicted octanol–water partition coefficient (Wildman–Crippen LogP) is 3.19. The van der Waals surface area contributed by atoms with Gasteiger partial charge in [-0.1, -0.05) is 42.4 Å². The van der Waals surface area contributed by atoms with Gasteiger partial charge in [0.15, 0.2) is 5.82 Å². The molecule has 0 atom stereocenters. The van der Waals surface area contributed by atoms with Gasteiger partial charge in [-0.15, -0.1) is 0 Å². The highest BCUT2D eigenvalue weighted by Gasteiger charge is 2.30. The van der Waals surface area contributed by atoms with Gasteiger partial charge in [-0.25, -0.2) is 0 Å². The van der Waals surface area contributed by atoms with Crippen LogP contribution in [0.25, 0.3) is 0 Å². The molecule has 0 N–H and O–H groups in total. The highest BCUT2D eigenvalue weighted by atomic mass is 16.5. The Morgan fingerprint density at radius 1 is 1.20 bits per heavy atom. The van der Waals surface area contributed by atoms with E-state index in [-0.39, 0.29) is 0 Å². The second-order valence-electron chi connectivity index (χ2n) is 5.48. The maximum atomic E-state index is 5.36. The summed E-state index contributed by atoms with van der Waals surface area (Å²) in [5.41, 5.74) is 1.34. The molecule has 1 heterocycles. The molecule has 1 aromatic heterocycles. The first-order valence-electron chi connectivity index (χ1n) is 7.44. The number of hydrogen-bond acceptors (Lipinski definition) is 4. The summed E-state index contributed by atoms with van der Waals surface area (Å²) in [4.78, 5) is 6.92. The van der Waals surface area contributed by atoms with Crippen molar-refractivity contribution in [3.63, 3.8) is 0 Å². The number of rotatable bonds is 7. The van der Waals surface area contributed by atoms with Crippen molar-refractivity contribution in [3.8, 4) is 0 Å². The van der Waals surface area contributed by atoms with Crippen molar-refractivity contribution >= 4 is 0 Å². The molecular weight excluding hydrogens is 250 g/mol. The van der Waals surface area contributed by atoms with Crippen molar-refractivity contribution in [2.45, 2.75) is 51.7 Å². The standard InChI is InChI=1S/C16H21N3O/c1-2-6-15-17-16(20-18-15)12-19(14-9-10-14)11-13-7-4-3-5-8-13/h3-5,7-8,14H,2,6,9-12H2,1H3. The summed E-state index contributed by atoms with van der Waals surface area (Å²) in [6.07, 6.45) is 4.51. The van der Waals surface area contributed by atoms with Gasteiger partial charge in [-0.2, -0.15) is 4.98 Å². The third-order valence-corrected chi connectivity index (χ3v) is 3.61. The van der Waals surface area contributed by atoms with Crippen LogP contribution in [0.15, 0.2) is 34.9 Å². The Labute approximate surface area is 119 Å². The monoisotopic (exact) mass is 271 g/mol. The van der Waals surface area contributed by atoms with Gasteiger partial charge in [-0.3, -0.25) is 4.90 Å². The van der Waals surface area contributed by atoms with Crippen molar-refractivity contribution in [1.29, 1.82) is 0 Å². The van der Waals surface area contributed by atoms with Crippen molar-refractivity contribution in [1.82, 2.24) is 15.0 Å². The average molecular weight is 271 g/mol. The molecule has 106 valence electrons. The lowest BCUT2D eigenvalue weighted by atomic mass is 10.2. The van der Waals surface area contributed by atoms with Crippen LogP contribution < -0.4 is 0 Å². The number of aromatic nitrogens is 2. The summed E-state index contributed by atoms with van der Waals surface area (Å²) >= 11 is 0. The van der Waals surface area contributed by atoms with Crippen LogP contribution in [0.1, 0.15) is 43.5 Å². The molecule has 4 nitrogen and oxygen atoms in total. The first kappa shape index (κ1) is 13.3. The maximum Gasteiger partial charge on any atom is 0.240 e. The van der Waals surface area contributed by atoms with E-state index in [1.54, 1.807) is 0 Å². The smallest absolute Gasteiger partial charge is 0.240 e. The van der Waals surface area contributed by atoms with Crippen LogP contribution in [0, 0.1) is 0 Å². The van der Waals surface area contributed by atoms with E-state index in [0.717, 1.165) is 37.6 Å². The van der Waals surface area contributed by atoms with Gasteiger partial charge in [0.25, 0.3) is 0 Å². The number of aryl methyl sites for hydroxylation is 1. The van der Waals surface area contributed by atoms with Crippen molar-refractivity contribution < 1.29 is 4.52 Å². The molecule has 0 amide bonds. The highest BCUT2D eigenvalue weighted by molar-refractivity contribution is 5.15. The van der Waals surface area contributed by atoms with E-state index in [2.05, 4.69) is 52.3 Å². The summed E-state index contributed by atoms with van der Waals surface area (Å²) < 4.78 is 5.36. The van der Waals surface area contributed by atoms with E-state index in [0.29, 0.717) is 6.04 Å². The fraction of sp³-hybridized carbons (Fsp3) is 0.500. The van der Waals surface area contributed by atoms with E-state index >= 15 is 0 Å². The topological polar surface area (TPSA) is 42.2 Å². The second kappa shape index (κ2) is 6.18. The molecule has 1 fully saturated rings. The molecule has 0 spiro atoms. The summed E-state index contributed by atoms with van der Waals surface area (Å²) in [6.45, 7) is 3.84. The predicted molar refractivity (Wildman–Crippen MR) is 77.0 cm³/mol. The Balaban J connectivity index is 1.65. The second-order valence-corrected chi connectivity index (χ2v) is 5.48. The SMILES string of the molecule is CCCc1noc(CN(Cc2ccccc2)C2CC2)n1. The van der Waals surface area contributed by atoms with E-state index in [1.165, 1.54) is 18.4 Å². The van der Waals surface area contributed by atoms with Gasteiger partial charge in [0.05, 0.1) is 6.54 Å². The summed E-state index contributed by atoms with van der Waals surface area (Å²) in [7, 11) is 0. The van der Waals surface area contributed by atoms with Crippen LogP contribution >= 0.6 is 0 Å². The molecule has 0 bridgehead atoms. The fourth-order valence-corrected chi connectivity index (χ4v) is 2.42. The minimum absolute atomic E-state index is 0.678. The van der Waals surface area contributed by atoms with Crippen LogP contribution in [-0.4, -0.2) is 21.1 Å². The van der Waals surface area contributed by atoms with Crippen LogP contribution in [0.4, 0.5) is 0 Å². The third-order valence-electron chi connectivity index (χ3n) is 3.61. The molecule has 0 unspecified atom stereocenters. The van der Waals surface area contributed by atoms with E-state index in [1.807, 2.05) is 0 Å². The molecule has 3 rings (SSSR count). The van der Waals surface area contributed by atoms with Crippen LogP contribution in [-0.2, 0) is 19.5 Å². The van der Waals surface area contributed by atoms with Gasteiger partial charge < -0.3 is 4.52 Å². The molecule has 0 aliphatic heterocycles. The number of hydrogen-bond donors (Lipinski definition) is 0. The molecule has 4 heteroatoms. The first-order chi connectivity index (χ1) is 9.85. The Morgan fingerprint density at radius 2 is 2.00 bits per heavy atom. The van der Waals surface area contributed by atoms with Gasteiger partial charge in [0.2, 0.25) is 5.89 Å². The van der Waals surface area contributed by atoms with E-state index in [4.69, 9.17) is 4.52 Å². The van der Waals surface area contributed by atoms with Gasteiger partial charge in [0, 0.05) is 19.0 Å². The van der Waals surface area contributed by atoms with Crippen LogP contribution in [0.2, 0.25) is 0 Å². The Bertz CT molecular complexity index is 534. The highest BCUT2D eigenvalue weighted by Crippen LogP contribution is 2.29. The zero-order chi connectivity index (χ0) is 13.8. The summed E-state index contributed by atoms with van der Waals surface area (Å²) in [5, 5.41) is 4.03. The zero-order valence-corrected chi connectivity index (χ0v) is 12.0. The normalized spacial score (nSPS) is 14.9. The minimum atomic E-state index is 0.678. The van der Waals surface area contributed by atoms with Crippen LogP contribution in [0.3, 0.4) is 0 Å². The molecule has 1 aliphatic carbocycles. The largest absolute Gasteiger partial charge is 0.338 e. The third kappa shape index (κ3) is 3.45. The Hall–Kier alpha value is -1.68. The average Bonchev–Trinajstić information content (AvgIpc) is 3.22. The number of benzene rings is 1. The summed E-state index contributed by atoms with van der Waals surface area (Å²) in [6, 6.07) is 11.3. The van der Waals surface area contributed by atoms with Gasteiger partial charge in [0.1, 0.15) is 0 Å². The quantitative estimate of drug-likeness (QED) is 0.775. The Kier molecular flexibility index (Phi) is 4.11. The molecule has 0 saturated heterocycles. The van der Waals surface area contributed by atoms with Gasteiger partial charge >= 0.3 is 0 Å². The Morgan fingerprint density at radius 3 is 2.70 bits per heavy atom. The lowest BCUT2D eigenvalue weighted by Gasteiger charge is -2.19. The van der Waals surface area contributed by atoms with Gasteiger partial charge in [-0.05, 0) is 24.8 Å². The van der Waals surface area contributed by atoms with Crippen molar-refractivity contribution in [2.24, 2.45) is 0 Å². The molecule has 0 radical (unpaired) electrons. The van der Waals surface area contributed by atoms with Crippen molar-refractivity contribution in [2.75, 3.05) is 0 Å². The number of nitrogens with zero attached hydrogens (tertiary/aromatic N) is 3. The molecule has 2 aromatic rings. The first-order valence-corrected chi connectivity index (χ1v) is 7.44. The molecule has 1 saturated carbocycles. The minimum Gasteiger partial charge on any atom is -0.338 e. The maximum absolute atomic E-state index is 5.36. The zero-order valence-electron chi connectivity index (χ0n) is 12.0.